The van der Waals surface area contributed by atoms with E-state index in [0.717, 1.165) is 38.9 Å². The first-order valence-electron chi connectivity index (χ1n) is 6.71. The van der Waals surface area contributed by atoms with Gasteiger partial charge in [0.1, 0.15) is 0 Å². The number of aliphatic hydroxyl groups is 1. The molecule has 1 heterocycles. The molecule has 0 aromatic carbocycles. The Kier molecular flexibility index (Phi) is 6.52. The Hall–Kier alpha value is -0.610. The van der Waals surface area contributed by atoms with Crippen molar-refractivity contribution < 1.29 is 9.90 Å². The van der Waals surface area contributed by atoms with Crippen LogP contribution in [0.2, 0.25) is 0 Å². The number of hydrogen-bond donors (Lipinski definition) is 2. The molecule has 1 aliphatic heterocycles. The minimum Gasteiger partial charge on any atom is -0.396 e. The van der Waals surface area contributed by atoms with Gasteiger partial charge in [-0.15, -0.1) is 0 Å². The van der Waals surface area contributed by atoms with Gasteiger partial charge < -0.3 is 10.4 Å². The summed E-state index contributed by atoms with van der Waals surface area (Å²) in [5, 5.41) is 11.8. The highest BCUT2D eigenvalue weighted by atomic mass is 16.3. The van der Waals surface area contributed by atoms with Crippen LogP contribution in [0.4, 0.5) is 0 Å². The van der Waals surface area contributed by atoms with Gasteiger partial charge in [0.25, 0.3) is 0 Å². The van der Waals surface area contributed by atoms with Gasteiger partial charge in [-0.05, 0) is 37.6 Å². The zero-order valence-electron chi connectivity index (χ0n) is 11.1. The summed E-state index contributed by atoms with van der Waals surface area (Å²) in [6, 6.07) is 0. The van der Waals surface area contributed by atoms with Gasteiger partial charge in [0.2, 0.25) is 5.91 Å². The Labute approximate surface area is 104 Å². The monoisotopic (exact) mass is 242 g/mol. The Morgan fingerprint density at radius 2 is 2.29 bits per heavy atom. The van der Waals surface area contributed by atoms with Crippen LogP contribution in [0.1, 0.15) is 33.1 Å². The molecular formula is C13H26N2O2. The van der Waals surface area contributed by atoms with E-state index in [1.165, 1.54) is 0 Å². The predicted octanol–water partition coefficient (Wildman–Crippen LogP) is 0.853. The second kappa shape index (κ2) is 7.67. The van der Waals surface area contributed by atoms with Crippen LogP contribution in [0.3, 0.4) is 0 Å². The van der Waals surface area contributed by atoms with Crippen molar-refractivity contribution >= 4 is 5.91 Å². The summed E-state index contributed by atoms with van der Waals surface area (Å²) in [7, 11) is 0. The molecule has 1 unspecified atom stereocenters. The first kappa shape index (κ1) is 14.5. The second-order valence-corrected chi connectivity index (χ2v) is 5.43. The minimum atomic E-state index is 0.135. The number of carbonyl (C=O) groups is 1. The standard InChI is InChI=1S/C13H26N2O2/c1-11(2)3-6-14-13(17)10-15-7-4-12(9-15)5-8-16/h11-12,16H,3-10H2,1-2H3,(H,14,17). The molecule has 0 aliphatic carbocycles. The Morgan fingerprint density at radius 3 is 2.94 bits per heavy atom. The van der Waals surface area contributed by atoms with Crippen molar-refractivity contribution in [3.05, 3.63) is 0 Å². The lowest BCUT2D eigenvalue weighted by atomic mass is 10.1. The van der Waals surface area contributed by atoms with Crippen LogP contribution in [-0.4, -0.2) is 48.7 Å². The fraction of sp³-hybridized carbons (Fsp3) is 0.923. The fourth-order valence-corrected chi connectivity index (χ4v) is 2.23. The van der Waals surface area contributed by atoms with Crippen molar-refractivity contribution in [2.24, 2.45) is 11.8 Å². The molecule has 0 bridgehead atoms. The van der Waals surface area contributed by atoms with Gasteiger partial charge in [0.05, 0.1) is 6.54 Å². The topological polar surface area (TPSA) is 52.6 Å². The molecule has 100 valence electrons. The fourth-order valence-electron chi connectivity index (χ4n) is 2.23. The number of nitrogens with one attached hydrogen (secondary N) is 1. The zero-order chi connectivity index (χ0) is 12.7. The zero-order valence-corrected chi connectivity index (χ0v) is 11.1. The SMILES string of the molecule is CC(C)CCNC(=O)CN1CCC(CCO)C1. The van der Waals surface area contributed by atoms with E-state index in [4.69, 9.17) is 5.11 Å². The first-order valence-corrected chi connectivity index (χ1v) is 6.71. The van der Waals surface area contributed by atoms with Crippen molar-refractivity contribution in [3.8, 4) is 0 Å². The molecule has 17 heavy (non-hydrogen) atoms. The molecule has 0 saturated carbocycles. The first-order chi connectivity index (χ1) is 8.11. The molecule has 4 nitrogen and oxygen atoms in total. The van der Waals surface area contributed by atoms with Gasteiger partial charge in [0, 0.05) is 19.7 Å². The molecule has 1 saturated heterocycles. The van der Waals surface area contributed by atoms with E-state index in [1.807, 2.05) is 0 Å². The number of aliphatic hydroxyl groups excluding tert-OH is 1. The highest BCUT2D eigenvalue weighted by molar-refractivity contribution is 5.78. The maximum absolute atomic E-state index is 11.6. The summed E-state index contributed by atoms with van der Waals surface area (Å²) in [6.45, 7) is 7.82. The summed E-state index contributed by atoms with van der Waals surface area (Å²) >= 11 is 0. The maximum Gasteiger partial charge on any atom is 0.234 e. The van der Waals surface area contributed by atoms with E-state index in [-0.39, 0.29) is 12.5 Å². The molecule has 0 aromatic heterocycles. The van der Waals surface area contributed by atoms with Gasteiger partial charge in [-0.2, -0.15) is 0 Å². The molecule has 1 aliphatic rings. The van der Waals surface area contributed by atoms with Gasteiger partial charge in [0.15, 0.2) is 0 Å². The molecule has 0 radical (unpaired) electrons. The predicted molar refractivity (Wildman–Crippen MR) is 68.7 cm³/mol. The lowest BCUT2D eigenvalue weighted by molar-refractivity contribution is -0.122. The molecule has 0 spiro atoms. The van der Waals surface area contributed by atoms with E-state index < -0.39 is 0 Å². The van der Waals surface area contributed by atoms with E-state index in [1.54, 1.807) is 0 Å². The van der Waals surface area contributed by atoms with Crippen molar-refractivity contribution in [1.29, 1.82) is 0 Å². The van der Waals surface area contributed by atoms with Crippen LogP contribution in [0, 0.1) is 11.8 Å². The molecule has 1 amide bonds. The molecule has 0 aromatic rings. The minimum absolute atomic E-state index is 0.135. The normalized spacial score (nSPS) is 21.1. The summed E-state index contributed by atoms with van der Waals surface area (Å²) in [5.74, 6) is 1.34. The Balaban J connectivity index is 2.11. The number of carbonyl (C=O) groups excluding carboxylic acids is 1. The maximum atomic E-state index is 11.6. The number of nitrogens with zero attached hydrogens (tertiary/aromatic N) is 1. The third-order valence-electron chi connectivity index (χ3n) is 3.32. The highest BCUT2D eigenvalue weighted by Gasteiger charge is 2.23. The van der Waals surface area contributed by atoms with E-state index >= 15 is 0 Å². The van der Waals surface area contributed by atoms with Gasteiger partial charge in [-0.3, -0.25) is 9.69 Å². The van der Waals surface area contributed by atoms with E-state index in [2.05, 4.69) is 24.1 Å². The molecule has 1 fully saturated rings. The highest BCUT2D eigenvalue weighted by Crippen LogP contribution is 2.18. The lowest BCUT2D eigenvalue weighted by Crippen LogP contribution is -2.36. The van der Waals surface area contributed by atoms with Crippen LogP contribution in [0.25, 0.3) is 0 Å². The van der Waals surface area contributed by atoms with Gasteiger partial charge in [-0.1, -0.05) is 13.8 Å². The summed E-state index contributed by atoms with van der Waals surface area (Å²) in [6.07, 6.45) is 3.02. The number of amides is 1. The van der Waals surface area contributed by atoms with E-state index in [0.29, 0.717) is 18.4 Å². The molecule has 2 N–H and O–H groups in total. The van der Waals surface area contributed by atoms with Crippen molar-refractivity contribution in [3.63, 3.8) is 0 Å². The average Bonchev–Trinajstić information content (AvgIpc) is 2.65. The van der Waals surface area contributed by atoms with Crippen LogP contribution in [-0.2, 0) is 4.79 Å². The third-order valence-corrected chi connectivity index (χ3v) is 3.32. The quantitative estimate of drug-likeness (QED) is 0.696. The largest absolute Gasteiger partial charge is 0.396 e. The molecule has 1 rings (SSSR count). The number of hydrogen-bond acceptors (Lipinski definition) is 3. The summed E-state index contributed by atoms with van der Waals surface area (Å²) in [4.78, 5) is 13.8. The van der Waals surface area contributed by atoms with E-state index in [9.17, 15) is 4.79 Å². The van der Waals surface area contributed by atoms with Crippen LogP contribution in [0.5, 0.6) is 0 Å². The third kappa shape index (κ3) is 6.03. The smallest absolute Gasteiger partial charge is 0.234 e. The Morgan fingerprint density at radius 1 is 1.53 bits per heavy atom. The van der Waals surface area contributed by atoms with Gasteiger partial charge >= 0.3 is 0 Å². The summed E-state index contributed by atoms with van der Waals surface area (Å²) in [5.41, 5.74) is 0. The van der Waals surface area contributed by atoms with Crippen LogP contribution < -0.4 is 5.32 Å². The summed E-state index contributed by atoms with van der Waals surface area (Å²) < 4.78 is 0. The number of likely N-dealkylation sites (tertiary alicyclic amines) is 1. The molecule has 1 atom stereocenters. The average molecular weight is 242 g/mol. The van der Waals surface area contributed by atoms with Gasteiger partial charge in [-0.25, -0.2) is 0 Å². The number of rotatable bonds is 7. The van der Waals surface area contributed by atoms with Crippen molar-refractivity contribution in [1.82, 2.24) is 10.2 Å². The van der Waals surface area contributed by atoms with Crippen molar-refractivity contribution in [2.75, 3.05) is 32.8 Å². The van der Waals surface area contributed by atoms with Crippen molar-refractivity contribution in [2.45, 2.75) is 33.1 Å². The molecular weight excluding hydrogens is 216 g/mol. The lowest BCUT2D eigenvalue weighted by Gasteiger charge is -2.15. The second-order valence-electron chi connectivity index (χ2n) is 5.43. The van der Waals surface area contributed by atoms with Crippen LogP contribution >= 0.6 is 0 Å². The Bertz CT molecular complexity index is 231. The van der Waals surface area contributed by atoms with Crippen LogP contribution in [0.15, 0.2) is 0 Å². The molecule has 4 heteroatoms.